The predicted molar refractivity (Wildman–Crippen MR) is 46.0 cm³/mol. The van der Waals surface area contributed by atoms with Gasteiger partial charge in [0.2, 0.25) is 0 Å². The molecule has 4 heteroatoms. The lowest BCUT2D eigenvalue weighted by Crippen LogP contribution is -2.43. The molecule has 2 nitrogen and oxygen atoms in total. The molecule has 2 atom stereocenters. The van der Waals surface area contributed by atoms with E-state index in [0.29, 0.717) is 0 Å². The minimum atomic E-state index is -0.944. The van der Waals surface area contributed by atoms with E-state index in [1.54, 1.807) is 0 Å². The molecule has 0 spiro atoms. The molecule has 1 aliphatic rings. The van der Waals surface area contributed by atoms with Crippen LogP contribution in [0.3, 0.4) is 0 Å². The van der Waals surface area contributed by atoms with Crippen LogP contribution in [0.15, 0.2) is 0 Å². The first kappa shape index (κ1) is 9.78. The second-order valence-corrected chi connectivity index (χ2v) is 3.67. The van der Waals surface area contributed by atoms with Crippen molar-refractivity contribution in [3.8, 4) is 0 Å². The predicted octanol–water partition coefficient (Wildman–Crippen LogP) is 1.62. The Balaban J connectivity index is 2.33. The lowest BCUT2D eigenvalue weighted by molar-refractivity contribution is -0.122. The van der Waals surface area contributed by atoms with Crippen LogP contribution in [0.2, 0.25) is 0 Å². The van der Waals surface area contributed by atoms with Crippen molar-refractivity contribution in [2.45, 2.75) is 37.1 Å². The fourth-order valence-electron chi connectivity index (χ4n) is 1.49. The van der Waals surface area contributed by atoms with Gasteiger partial charge in [0.1, 0.15) is 0 Å². The average Bonchev–Trinajstić information content (AvgIpc) is 2.09. The van der Waals surface area contributed by atoms with Crippen LogP contribution in [0, 0.1) is 0 Å². The van der Waals surface area contributed by atoms with Crippen LogP contribution in [0.5, 0.6) is 0 Å². The van der Waals surface area contributed by atoms with Gasteiger partial charge in [0.25, 0.3) is 5.91 Å². The molecular formula is C8H13ClFNO. The topological polar surface area (TPSA) is 29.1 Å². The molecule has 0 aromatic carbocycles. The smallest absolute Gasteiger partial charge is 0.251 e. The molecule has 1 rings (SSSR count). The zero-order chi connectivity index (χ0) is 8.97. The first-order valence-corrected chi connectivity index (χ1v) is 4.67. The zero-order valence-electron chi connectivity index (χ0n) is 6.85. The van der Waals surface area contributed by atoms with Crippen molar-refractivity contribution in [1.29, 1.82) is 0 Å². The lowest BCUT2D eigenvalue weighted by atomic mass is 9.95. The van der Waals surface area contributed by atoms with Gasteiger partial charge in [-0.05, 0) is 12.8 Å². The summed E-state index contributed by atoms with van der Waals surface area (Å²) in [7, 11) is 0. The van der Waals surface area contributed by atoms with Gasteiger partial charge in [-0.2, -0.15) is 0 Å². The van der Waals surface area contributed by atoms with Gasteiger partial charge in [-0.25, -0.2) is 4.39 Å². The standard InChI is InChI=1S/C8H13ClFNO/c9-6-3-1-2-4-7(6)11-8(12)5-10/h6-7H,1-5H2,(H,11,12). The zero-order valence-corrected chi connectivity index (χ0v) is 7.61. The van der Waals surface area contributed by atoms with Crippen molar-refractivity contribution in [3.63, 3.8) is 0 Å². The van der Waals surface area contributed by atoms with Crippen LogP contribution in [-0.4, -0.2) is 24.0 Å². The summed E-state index contributed by atoms with van der Waals surface area (Å²) in [6.45, 7) is -0.944. The Kier molecular flexibility index (Phi) is 3.79. The molecule has 70 valence electrons. The van der Waals surface area contributed by atoms with Crippen LogP contribution in [0.1, 0.15) is 25.7 Å². The number of halogens is 2. The van der Waals surface area contributed by atoms with E-state index in [9.17, 15) is 9.18 Å². The first-order valence-electron chi connectivity index (χ1n) is 4.23. The molecule has 0 aromatic heterocycles. The highest BCUT2D eigenvalue weighted by Gasteiger charge is 2.24. The summed E-state index contributed by atoms with van der Waals surface area (Å²) in [5.41, 5.74) is 0. The van der Waals surface area contributed by atoms with Gasteiger partial charge in [0.15, 0.2) is 6.67 Å². The quantitative estimate of drug-likeness (QED) is 0.664. The summed E-state index contributed by atoms with van der Waals surface area (Å²) < 4.78 is 11.8. The van der Waals surface area contributed by atoms with Gasteiger partial charge in [0, 0.05) is 6.04 Å². The van der Waals surface area contributed by atoms with Crippen LogP contribution in [0.4, 0.5) is 4.39 Å². The summed E-state index contributed by atoms with van der Waals surface area (Å²) in [5, 5.41) is 2.55. The van der Waals surface area contributed by atoms with Gasteiger partial charge in [0.05, 0.1) is 5.38 Å². The van der Waals surface area contributed by atoms with Crippen molar-refractivity contribution in [2.75, 3.05) is 6.67 Å². The second-order valence-electron chi connectivity index (χ2n) is 3.11. The Morgan fingerprint density at radius 3 is 2.75 bits per heavy atom. The van der Waals surface area contributed by atoms with Gasteiger partial charge in [-0.15, -0.1) is 11.6 Å². The number of alkyl halides is 2. The van der Waals surface area contributed by atoms with Crippen molar-refractivity contribution in [3.05, 3.63) is 0 Å². The number of nitrogens with one attached hydrogen (secondary N) is 1. The minimum absolute atomic E-state index is 0.0192. The normalized spacial score (nSPS) is 29.8. The number of rotatable bonds is 2. The Labute approximate surface area is 76.5 Å². The number of hydrogen-bond donors (Lipinski definition) is 1. The molecule has 0 saturated heterocycles. The Hall–Kier alpha value is -0.310. The summed E-state index contributed by atoms with van der Waals surface area (Å²) in [5.74, 6) is -0.549. The number of hydrogen-bond acceptors (Lipinski definition) is 1. The van der Waals surface area contributed by atoms with E-state index in [-0.39, 0.29) is 11.4 Å². The highest BCUT2D eigenvalue weighted by Crippen LogP contribution is 2.22. The van der Waals surface area contributed by atoms with Crippen molar-refractivity contribution in [1.82, 2.24) is 5.32 Å². The van der Waals surface area contributed by atoms with Gasteiger partial charge in [-0.1, -0.05) is 12.8 Å². The van der Waals surface area contributed by atoms with E-state index in [2.05, 4.69) is 5.32 Å². The van der Waals surface area contributed by atoms with E-state index in [4.69, 9.17) is 11.6 Å². The fraction of sp³-hybridized carbons (Fsp3) is 0.875. The average molecular weight is 194 g/mol. The molecule has 1 N–H and O–H groups in total. The van der Waals surface area contributed by atoms with Gasteiger partial charge in [-0.3, -0.25) is 4.79 Å². The highest BCUT2D eigenvalue weighted by molar-refractivity contribution is 6.21. The summed E-state index contributed by atoms with van der Waals surface area (Å²) >= 11 is 5.95. The molecule has 12 heavy (non-hydrogen) atoms. The highest BCUT2D eigenvalue weighted by atomic mass is 35.5. The summed E-state index contributed by atoms with van der Waals surface area (Å²) in [4.78, 5) is 10.7. The second kappa shape index (κ2) is 4.65. The van der Waals surface area contributed by atoms with Crippen molar-refractivity contribution < 1.29 is 9.18 Å². The Morgan fingerprint density at radius 2 is 2.17 bits per heavy atom. The van der Waals surface area contributed by atoms with Gasteiger partial charge >= 0.3 is 0 Å². The maximum Gasteiger partial charge on any atom is 0.251 e. The molecule has 1 saturated carbocycles. The van der Waals surface area contributed by atoms with Crippen LogP contribution >= 0.6 is 11.6 Å². The summed E-state index contributed by atoms with van der Waals surface area (Å²) in [6, 6.07) is -0.0244. The molecule has 1 fully saturated rings. The summed E-state index contributed by atoms with van der Waals surface area (Å²) in [6.07, 6.45) is 3.97. The lowest BCUT2D eigenvalue weighted by Gasteiger charge is -2.27. The van der Waals surface area contributed by atoms with E-state index >= 15 is 0 Å². The van der Waals surface area contributed by atoms with Crippen LogP contribution in [0.25, 0.3) is 0 Å². The third kappa shape index (κ3) is 2.63. The number of carbonyl (C=O) groups is 1. The van der Waals surface area contributed by atoms with E-state index in [0.717, 1.165) is 25.7 Å². The SMILES string of the molecule is O=C(CF)NC1CCCCC1Cl. The van der Waals surface area contributed by atoms with Crippen molar-refractivity contribution >= 4 is 17.5 Å². The van der Waals surface area contributed by atoms with E-state index < -0.39 is 12.6 Å². The van der Waals surface area contributed by atoms with E-state index in [1.807, 2.05) is 0 Å². The molecule has 1 amide bonds. The molecule has 0 aromatic rings. The monoisotopic (exact) mass is 193 g/mol. The largest absolute Gasteiger partial charge is 0.350 e. The molecule has 0 aliphatic heterocycles. The maximum atomic E-state index is 11.8. The van der Waals surface area contributed by atoms with Crippen molar-refractivity contribution in [2.24, 2.45) is 0 Å². The molecule has 0 bridgehead atoms. The Bertz CT molecular complexity index is 165. The third-order valence-corrected chi connectivity index (χ3v) is 2.67. The van der Waals surface area contributed by atoms with Crippen LogP contribution in [-0.2, 0) is 4.79 Å². The molecule has 2 unspecified atom stereocenters. The number of carbonyl (C=O) groups excluding carboxylic acids is 1. The third-order valence-electron chi connectivity index (χ3n) is 2.15. The molecule has 0 radical (unpaired) electrons. The molecular weight excluding hydrogens is 181 g/mol. The first-order chi connectivity index (χ1) is 5.74. The number of amides is 1. The maximum absolute atomic E-state index is 11.8. The van der Waals surface area contributed by atoms with Crippen LogP contribution < -0.4 is 5.32 Å². The molecule has 0 heterocycles. The Morgan fingerprint density at radius 1 is 1.50 bits per heavy atom. The minimum Gasteiger partial charge on any atom is -0.350 e. The molecule has 1 aliphatic carbocycles. The van der Waals surface area contributed by atoms with Gasteiger partial charge < -0.3 is 5.32 Å². The van der Waals surface area contributed by atoms with E-state index in [1.165, 1.54) is 0 Å². The fourth-order valence-corrected chi connectivity index (χ4v) is 1.84.